The van der Waals surface area contributed by atoms with Gasteiger partial charge in [-0.1, -0.05) is 34.1 Å². The van der Waals surface area contributed by atoms with Crippen LogP contribution in [0.5, 0.6) is 0 Å². The van der Waals surface area contributed by atoms with Crippen LogP contribution in [0.2, 0.25) is 0 Å². The van der Waals surface area contributed by atoms with E-state index in [1.165, 1.54) is 0 Å². The van der Waals surface area contributed by atoms with Crippen LogP contribution in [-0.4, -0.2) is 26.5 Å². The molecule has 0 aromatic heterocycles. The van der Waals surface area contributed by atoms with Crippen LogP contribution < -0.4 is 0 Å². The molecule has 4 heteroatoms. The van der Waals surface area contributed by atoms with E-state index < -0.39 is 0 Å². The second kappa shape index (κ2) is 6.06. The maximum absolute atomic E-state index is 5.46. The molecule has 0 spiro atoms. The number of methoxy groups -OCH3 is 2. The third kappa shape index (κ3) is 2.64. The standard InChI is InChI=1S/C17H18BrNO2/c1-20-15-9-11-7-8-19-17(13(11)10-16(15)21-2)12-5-3-4-6-14(12)18/h3-6,9-11,13H,7-8H2,1-2H3. The first kappa shape index (κ1) is 14.4. The quantitative estimate of drug-likeness (QED) is 0.828. The second-order valence-electron chi connectivity index (χ2n) is 5.20. The van der Waals surface area contributed by atoms with Gasteiger partial charge in [-0.2, -0.15) is 0 Å². The molecule has 0 amide bonds. The van der Waals surface area contributed by atoms with E-state index in [-0.39, 0.29) is 5.92 Å². The van der Waals surface area contributed by atoms with E-state index in [2.05, 4.69) is 40.2 Å². The zero-order valence-corrected chi connectivity index (χ0v) is 13.8. The lowest BCUT2D eigenvalue weighted by molar-refractivity contribution is 0.208. The Morgan fingerprint density at radius 2 is 1.81 bits per heavy atom. The monoisotopic (exact) mass is 347 g/mol. The van der Waals surface area contributed by atoms with Crippen molar-refractivity contribution in [1.82, 2.24) is 0 Å². The minimum absolute atomic E-state index is 0.242. The first-order valence-corrected chi connectivity index (χ1v) is 7.85. The molecule has 1 heterocycles. The van der Waals surface area contributed by atoms with E-state index >= 15 is 0 Å². The molecule has 1 aromatic rings. The van der Waals surface area contributed by atoms with Crippen LogP contribution in [-0.2, 0) is 9.47 Å². The Morgan fingerprint density at radius 1 is 1.10 bits per heavy atom. The van der Waals surface area contributed by atoms with Crippen LogP contribution in [0.3, 0.4) is 0 Å². The van der Waals surface area contributed by atoms with Crippen molar-refractivity contribution in [1.29, 1.82) is 0 Å². The Balaban J connectivity index is 2.02. The maximum Gasteiger partial charge on any atom is 0.157 e. The molecule has 2 aliphatic rings. The van der Waals surface area contributed by atoms with Gasteiger partial charge in [0, 0.05) is 22.5 Å². The summed E-state index contributed by atoms with van der Waals surface area (Å²) in [5, 5.41) is 0. The third-order valence-corrected chi connectivity index (χ3v) is 4.74. The van der Waals surface area contributed by atoms with Crippen LogP contribution in [0.15, 0.2) is 57.4 Å². The lowest BCUT2D eigenvalue weighted by Crippen LogP contribution is -2.30. The second-order valence-corrected chi connectivity index (χ2v) is 6.05. The Kier molecular flexibility index (Phi) is 4.15. The number of benzene rings is 1. The van der Waals surface area contributed by atoms with Crippen LogP contribution >= 0.6 is 15.9 Å². The molecule has 1 aromatic carbocycles. The summed E-state index contributed by atoms with van der Waals surface area (Å²) in [5.74, 6) is 2.28. The highest BCUT2D eigenvalue weighted by Gasteiger charge is 2.33. The molecule has 0 N–H and O–H groups in total. The molecule has 1 aliphatic carbocycles. The molecule has 0 radical (unpaired) electrons. The molecular weight excluding hydrogens is 330 g/mol. The van der Waals surface area contributed by atoms with E-state index in [1.807, 2.05) is 12.1 Å². The van der Waals surface area contributed by atoms with Gasteiger partial charge in [-0.3, -0.25) is 4.99 Å². The molecule has 0 saturated carbocycles. The highest BCUT2D eigenvalue weighted by molar-refractivity contribution is 9.10. The van der Waals surface area contributed by atoms with Gasteiger partial charge in [0.15, 0.2) is 11.5 Å². The minimum Gasteiger partial charge on any atom is -0.493 e. The topological polar surface area (TPSA) is 30.8 Å². The van der Waals surface area contributed by atoms with Crippen LogP contribution in [0.4, 0.5) is 0 Å². The minimum atomic E-state index is 0.242. The van der Waals surface area contributed by atoms with Gasteiger partial charge < -0.3 is 9.47 Å². The average Bonchev–Trinajstić information content (AvgIpc) is 2.53. The van der Waals surface area contributed by atoms with Gasteiger partial charge in [0.05, 0.1) is 19.9 Å². The van der Waals surface area contributed by atoms with Crippen molar-refractivity contribution in [2.24, 2.45) is 16.8 Å². The van der Waals surface area contributed by atoms with Gasteiger partial charge in [-0.05, 0) is 30.6 Å². The Bertz CT molecular complexity index is 633. The highest BCUT2D eigenvalue weighted by Crippen LogP contribution is 2.37. The molecule has 2 unspecified atom stereocenters. The summed E-state index contributed by atoms with van der Waals surface area (Å²) in [6.07, 6.45) is 5.36. The molecule has 0 fully saturated rings. The number of rotatable bonds is 3. The molecule has 0 bridgehead atoms. The summed E-state index contributed by atoms with van der Waals surface area (Å²) in [6.45, 7) is 0.849. The molecular formula is C17H18BrNO2. The molecule has 0 saturated heterocycles. The lowest BCUT2D eigenvalue weighted by atomic mass is 9.78. The highest BCUT2D eigenvalue weighted by atomic mass is 79.9. The van der Waals surface area contributed by atoms with E-state index in [0.717, 1.165) is 40.2 Å². The first-order valence-electron chi connectivity index (χ1n) is 7.06. The number of aliphatic imine (C=N–C) groups is 1. The van der Waals surface area contributed by atoms with Crippen molar-refractivity contribution >= 4 is 21.6 Å². The van der Waals surface area contributed by atoms with Gasteiger partial charge in [-0.15, -0.1) is 0 Å². The van der Waals surface area contributed by atoms with Gasteiger partial charge in [0.1, 0.15) is 0 Å². The van der Waals surface area contributed by atoms with Crippen molar-refractivity contribution in [2.75, 3.05) is 20.8 Å². The van der Waals surface area contributed by atoms with Gasteiger partial charge >= 0.3 is 0 Å². The van der Waals surface area contributed by atoms with Crippen LogP contribution in [0.1, 0.15) is 12.0 Å². The first-order chi connectivity index (χ1) is 10.2. The zero-order valence-electron chi connectivity index (χ0n) is 12.2. The molecule has 21 heavy (non-hydrogen) atoms. The summed E-state index contributed by atoms with van der Waals surface area (Å²) in [7, 11) is 3.36. The van der Waals surface area contributed by atoms with Gasteiger partial charge in [0.25, 0.3) is 0 Å². The van der Waals surface area contributed by atoms with E-state index in [4.69, 9.17) is 14.5 Å². The zero-order chi connectivity index (χ0) is 14.8. The predicted molar refractivity (Wildman–Crippen MR) is 87.3 cm³/mol. The largest absolute Gasteiger partial charge is 0.493 e. The van der Waals surface area contributed by atoms with E-state index in [9.17, 15) is 0 Å². The van der Waals surface area contributed by atoms with E-state index in [0.29, 0.717) is 5.92 Å². The summed E-state index contributed by atoms with van der Waals surface area (Å²) in [6, 6.07) is 8.24. The number of hydrogen-bond acceptors (Lipinski definition) is 3. The molecule has 110 valence electrons. The summed E-state index contributed by atoms with van der Waals surface area (Å²) in [5.41, 5.74) is 2.29. The summed E-state index contributed by atoms with van der Waals surface area (Å²) in [4.78, 5) is 4.78. The van der Waals surface area contributed by atoms with Crippen LogP contribution in [0, 0.1) is 11.8 Å². The summed E-state index contributed by atoms with van der Waals surface area (Å²) >= 11 is 3.63. The summed E-state index contributed by atoms with van der Waals surface area (Å²) < 4.78 is 12.0. The fraction of sp³-hybridized carbons (Fsp3) is 0.353. The Labute approximate surface area is 133 Å². The number of hydrogen-bond donors (Lipinski definition) is 0. The SMILES string of the molecule is COC1=CC2CCN=C(c3ccccc3Br)C2C=C1OC. The predicted octanol–water partition coefficient (Wildman–Crippen LogP) is 3.95. The average molecular weight is 348 g/mol. The normalized spacial score (nSPS) is 24.4. The number of halogens is 1. The van der Waals surface area contributed by atoms with Crippen LogP contribution in [0.25, 0.3) is 0 Å². The number of ether oxygens (including phenoxy) is 2. The van der Waals surface area contributed by atoms with Crippen molar-refractivity contribution in [3.63, 3.8) is 0 Å². The third-order valence-electron chi connectivity index (χ3n) is 4.05. The molecule has 1 aliphatic heterocycles. The number of allylic oxidation sites excluding steroid dienone is 2. The molecule has 3 nitrogen and oxygen atoms in total. The van der Waals surface area contributed by atoms with E-state index in [1.54, 1.807) is 14.2 Å². The fourth-order valence-electron chi connectivity index (χ4n) is 3.00. The van der Waals surface area contributed by atoms with Crippen molar-refractivity contribution in [2.45, 2.75) is 6.42 Å². The van der Waals surface area contributed by atoms with Gasteiger partial charge in [0.2, 0.25) is 0 Å². The van der Waals surface area contributed by atoms with Crippen molar-refractivity contribution in [3.05, 3.63) is 58.0 Å². The maximum atomic E-state index is 5.46. The lowest BCUT2D eigenvalue weighted by Gasteiger charge is -2.32. The van der Waals surface area contributed by atoms with Gasteiger partial charge in [-0.25, -0.2) is 0 Å². The smallest absolute Gasteiger partial charge is 0.157 e. The fourth-order valence-corrected chi connectivity index (χ4v) is 3.49. The number of fused-ring (bicyclic) bond motifs is 1. The molecule has 2 atom stereocenters. The van der Waals surface area contributed by atoms with Crippen molar-refractivity contribution < 1.29 is 9.47 Å². The molecule has 3 rings (SSSR count). The Hall–Kier alpha value is -1.55. The number of nitrogens with zero attached hydrogens (tertiary/aromatic N) is 1. The Morgan fingerprint density at radius 3 is 2.52 bits per heavy atom. The van der Waals surface area contributed by atoms with Crippen molar-refractivity contribution in [3.8, 4) is 0 Å².